The minimum absolute atomic E-state index is 0.0478. The molecule has 0 aliphatic carbocycles. The molecule has 1 aromatic heterocycles. The maximum absolute atomic E-state index is 12.1. The van der Waals surface area contributed by atoms with Gasteiger partial charge < -0.3 is 14.0 Å². The van der Waals surface area contributed by atoms with Crippen LogP contribution in [0.3, 0.4) is 0 Å². The van der Waals surface area contributed by atoms with Gasteiger partial charge in [-0.1, -0.05) is 5.16 Å². The van der Waals surface area contributed by atoms with Gasteiger partial charge in [0.1, 0.15) is 5.75 Å². The van der Waals surface area contributed by atoms with Crippen molar-refractivity contribution in [1.82, 2.24) is 10.1 Å². The molecule has 0 amide bonds. The molecular weight excluding hydrogens is 284 g/mol. The zero-order valence-corrected chi connectivity index (χ0v) is 12.4. The second kappa shape index (κ2) is 6.70. The summed E-state index contributed by atoms with van der Waals surface area (Å²) in [6.45, 7) is 1.38. The summed E-state index contributed by atoms with van der Waals surface area (Å²) in [6.07, 6.45) is 1.71. The molecule has 2 aromatic rings. The summed E-state index contributed by atoms with van der Waals surface area (Å²) in [7, 11) is 1.60. The predicted molar refractivity (Wildman–Crippen MR) is 78.1 cm³/mol. The van der Waals surface area contributed by atoms with E-state index in [2.05, 4.69) is 10.1 Å². The maximum atomic E-state index is 12.1. The van der Waals surface area contributed by atoms with Crippen LogP contribution in [0.15, 0.2) is 28.8 Å². The van der Waals surface area contributed by atoms with Gasteiger partial charge in [0.25, 0.3) is 0 Å². The van der Waals surface area contributed by atoms with Crippen molar-refractivity contribution in [2.24, 2.45) is 0 Å². The third-order valence-corrected chi connectivity index (χ3v) is 3.76. The highest BCUT2D eigenvalue weighted by Gasteiger charge is 2.23. The number of ether oxygens (including phenoxy) is 2. The lowest BCUT2D eigenvalue weighted by atomic mass is 10.1. The molecule has 116 valence electrons. The highest BCUT2D eigenvalue weighted by molar-refractivity contribution is 5.96. The molecule has 6 heteroatoms. The van der Waals surface area contributed by atoms with Crippen molar-refractivity contribution in [3.8, 4) is 5.75 Å². The molecule has 6 nitrogen and oxygen atoms in total. The second-order valence-electron chi connectivity index (χ2n) is 5.26. The molecule has 22 heavy (non-hydrogen) atoms. The molecule has 0 unspecified atom stereocenters. The molecular formula is C16H18N2O4. The van der Waals surface area contributed by atoms with E-state index in [1.54, 1.807) is 31.4 Å². The summed E-state index contributed by atoms with van der Waals surface area (Å²) in [5.74, 6) is 2.19. The minimum atomic E-state index is 0.0478. The van der Waals surface area contributed by atoms with E-state index in [-0.39, 0.29) is 11.7 Å². The van der Waals surface area contributed by atoms with E-state index in [0.29, 0.717) is 36.7 Å². The number of nitrogens with zero attached hydrogens (tertiary/aromatic N) is 2. The average Bonchev–Trinajstić information content (AvgIpc) is 3.23. The number of Topliss-reactive ketones (excluding diaryl/α,β-unsaturated/α-hetero) is 1. The third-order valence-electron chi connectivity index (χ3n) is 3.76. The number of aryl methyl sites for hydroxylation is 1. The monoisotopic (exact) mass is 302 g/mol. The number of ketones is 1. The van der Waals surface area contributed by atoms with E-state index in [0.717, 1.165) is 18.8 Å². The molecule has 0 bridgehead atoms. The summed E-state index contributed by atoms with van der Waals surface area (Å²) in [5, 5.41) is 3.98. The van der Waals surface area contributed by atoms with Crippen LogP contribution in [0.2, 0.25) is 0 Å². The first kappa shape index (κ1) is 14.7. The quantitative estimate of drug-likeness (QED) is 0.763. The fraction of sp³-hybridized carbons (Fsp3) is 0.438. The van der Waals surface area contributed by atoms with Gasteiger partial charge in [-0.25, -0.2) is 0 Å². The Morgan fingerprint density at radius 2 is 2.18 bits per heavy atom. The molecule has 3 rings (SSSR count). The Morgan fingerprint density at radius 1 is 1.36 bits per heavy atom. The van der Waals surface area contributed by atoms with Gasteiger partial charge >= 0.3 is 0 Å². The van der Waals surface area contributed by atoms with Crippen molar-refractivity contribution >= 4 is 5.78 Å². The van der Waals surface area contributed by atoms with Crippen molar-refractivity contribution in [2.45, 2.75) is 25.2 Å². The van der Waals surface area contributed by atoms with Crippen molar-refractivity contribution in [3.63, 3.8) is 0 Å². The molecule has 1 aromatic carbocycles. The first-order chi connectivity index (χ1) is 10.8. The van der Waals surface area contributed by atoms with E-state index in [4.69, 9.17) is 14.0 Å². The van der Waals surface area contributed by atoms with E-state index in [1.807, 2.05) is 0 Å². The maximum Gasteiger partial charge on any atom is 0.227 e. The van der Waals surface area contributed by atoms with Crippen molar-refractivity contribution in [3.05, 3.63) is 41.5 Å². The van der Waals surface area contributed by atoms with Crippen LogP contribution in [0, 0.1) is 0 Å². The highest BCUT2D eigenvalue weighted by atomic mass is 16.5. The Morgan fingerprint density at radius 3 is 2.86 bits per heavy atom. The van der Waals surface area contributed by atoms with Crippen molar-refractivity contribution in [2.75, 3.05) is 20.3 Å². The van der Waals surface area contributed by atoms with Gasteiger partial charge in [0, 0.05) is 30.9 Å². The van der Waals surface area contributed by atoms with Crippen LogP contribution in [-0.4, -0.2) is 36.2 Å². The predicted octanol–water partition coefficient (Wildman–Crippen LogP) is 2.40. The molecule has 0 N–H and O–H groups in total. The first-order valence-electron chi connectivity index (χ1n) is 7.34. The van der Waals surface area contributed by atoms with Crippen molar-refractivity contribution < 1.29 is 18.8 Å². The summed E-state index contributed by atoms with van der Waals surface area (Å²) >= 11 is 0. The Labute approximate surface area is 128 Å². The molecule has 1 aliphatic rings. The molecule has 1 saturated heterocycles. The third kappa shape index (κ3) is 3.33. The van der Waals surface area contributed by atoms with Gasteiger partial charge in [-0.15, -0.1) is 0 Å². The zero-order valence-electron chi connectivity index (χ0n) is 12.4. The fourth-order valence-corrected chi connectivity index (χ4v) is 2.42. The van der Waals surface area contributed by atoms with Crippen LogP contribution in [0.4, 0.5) is 0 Å². The second-order valence-corrected chi connectivity index (χ2v) is 5.26. The van der Waals surface area contributed by atoms with E-state index in [9.17, 15) is 4.79 Å². The topological polar surface area (TPSA) is 74.5 Å². The zero-order chi connectivity index (χ0) is 15.4. The van der Waals surface area contributed by atoms with Gasteiger partial charge in [0.05, 0.1) is 13.7 Å². The van der Waals surface area contributed by atoms with Gasteiger partial charge in [-0.05, 0) is 30.7 Å². The first-order valence-corrected chi connectivity index (χ1v) is 7.34. The van der Waals surface area contributed by atoms with Crippen LogP contribution in [0.25, 0.3) is 0 Å². The number of hydrogen-bond acceptors (Lipinski definition) is 6. The number of hydrogen-bond donors (Lipinski definition) is 0. The van der Waals surface area contributed by atoms with Crippen LogP contribution in [0.5, 0.6) is 5.75 Å². The number of carbonyl (C=O) groups is 1. The standard InChI is InChI=1S/C16H18N2O4/c1-20-13-4-2-11(3-5-13)14(19)6-7-15-17-16(18-22-15)12-8-9-21-10-12/h2-5,12H,6-10H2,1H3/t12-/m0/s1. The summed E-state index contributed by atoms with van der Waals surface area (Å²) in [6, 6.07) is 7.07. The van der Waals surface area contributed by atoms with Crippen LogP contribution < -0.4 is 4.74 Å². The Bertz CT molecular complexity index is 630. The summed E-state index contributed by atoms with van der Waals surface area (Å²) in [4.78, 5) is 16.5. The Hall–Kier alpha value is -2.21. The summed E-state index contributed by atoms with van der Waals surface area (Å²) in [5.41, 5.74) is 0.657. The molecule has 0 spiro atoms. The van der Waals surface area contributed by atoms with Gasteiger partial charge in [0.2, 0.25) is 5.89 Å². The molecule has 0 saturated carbocycles. The van der Waals surface area contributed by atoms with E-state index < -0.39 is 0 Å². The smallest absolute Gasteiger partial charge is 0.227 e. The normalized spacial score (nSPS) is 17.6. The lowest BCUT2D eigenvalue weighted by Gasteiger charge is -2.02. The molecule has 1 fully saturated rings. The number of aromatic nitrogens is 2. The lowest BCUT2D eigenvalue weighted by molar-refractivity contribution is 0.0979. The van der Waals surface area contributed by atoms with Crippen molar-refractivity contribution in [1.29, 1.82) is 0 Å². The minimum Gasteiger partial charge on any atom is -0.497 e. The molecule has 0 radical (unpaired) electrons. The fourth-order valence-electron chi connectivity index (χ4n) is 2.42. The molecule has 1 atom stereocenters. The van der Waals surface area contributed by atoms with E-state index in [1.165, 1.54) is 0 Å². The lowest BCUT2D eigenvalue weighted by Crippen LogP contribution is -2.02. The van der Waals surface area contributed by atoms with Gasteiger partial charge in [0.15, 0.2) is 11.6 Å². The Kier molecular flexibility index (Phi) is 4.48. The molecule has 1 aliphatic heterocycles. The van der Waals surface area contributed by atoms with Crippen LogP contribution in [0.1, 0.15) is 40.8 Å². The number of methoxy groups -OCH3 is 1. The Balaban J connectivity index is 1.56. The van der Waals surface area contributed by atoms with Crippen LogP contribution >= 0.6 is 0 Å². The van der Waals surface area contributed by atoms with Gasteiger partial charge in [-0.2, -0.15) is 4.98 Å². The SMILES string of the molecule is COc1ccc(C(=O)CCc2nc([C@H]3CCOC3)no2)cc1. The average molecular weight is 302 g/mol. The van der Waals surface area contributed by atoms with E-state index >= 15 is 0 Å². The highest BCUT2D eigenvalue weighted by Crippen LogP contribution is 2.22. The van der Waals surface area contributed by atoms with Crippen LogP contribution in [-0.2, 0) is 11.2 Å². The summed E-state index contributed by atoms with van der Waals surface area (Å²) < 4.78 is 15.6. The largest absolute Gasteiger partial charge is 0.497 e. The number of benzene rings is 1. The van der Waals surface area contributed by atoms with Gasteiger partial charge in [-0.3, -0.25) is 4.79 Å². The number of carbonyl (C=O) groups excluding carboxylic acids is 1. The number of rotatable bonds is 6. The molecule has 2 heterocycles.